The Bertz CT molecular complexity index is 356. The minimum absolute atomic E-state index is 0.0889. The van der Waals surface area contributed by atoms with Gasteiger partial charge in [0.05, 0.1) is 5.56 Å². The van der Waals surface area contributed by atoms with E-state index in [-0.39, 0.29) is 27.2 Å². The van der Waals surface area contributed by atoms with Crippen LogP contribution in [-0.4, -0.2) is 11.8 Å². The summed E-state index contributed by atoms with van der Waals surface area (Å²) in [5, 5.41) is 0.179. The van der Waals surface area contributed by atoms with Crippen LogP contribution in [0.15, 0.2) is 23.1 Å². The fraction of sp³-hybridized carbons (Fsp3) is 0.125. The second-order valence-electron chi connectivity index (χ2n) is 2.29. The Balaban J connectivity index is 3.09. The van der Waals surface area contributed by atoms with Gasteiger partial charge < -0.3 is 0 Å². The number of alkyl halides is 2. The lowest BCUT2D eigenvalue weighted by molar-refractivity contribution is 0.0832. The number of hydrogen-bond donors (Lipinski definition) is 0. The normalized spacial score (nSPS) is 10.6. The zero-order valence-electron chi connectivity index (χ0n) is 6.64. The Morgan fingerprint density at radius 2 is 2.07 bits per heavy atom. The van der Waals surface area contributed by atoms with Crippen LogP contribution < -0.4 is 0 Å². The largest absolute Gasteiger partial charge is 0.333 e. The summed E-state index contributed by atoms with van der Waals surface area (Å²) in [6, 6.07) is 1.73. The van der Waals surface area contributed by atoms with E-state index in [1.54, 1.807) is 0 Å². The Hall–Kier alpha value is -0.680. The highest BCUT2D eigenvalue weighted by Gasteiger charge is 2.15. The van der Waals surface area contributed by atoms with Crippen molar-refractivity contribution in [2.24, 2.45) is 0 Å². The van der Waals surface area contributed by atoms with Crippen molar-refractivity contribution in [3.63, 3.8) is 0 Å². The van der Waals surface area contributed by atoms with Gasteiger partial charge in [-0.3, -0.25) is 4.79 Å². The van der Waals surface area contributed by atoms with Crippen LogP contribution in [0.25, 0.3) is 0 Å². The molecule has 1 aromatic rings. The molecule has 0 heterocycles. The lowest BCUT2D eigenvalue weighted by Gasteiger charge is -2.04. The molecule has 1 nitrogen and oxygen atoms in total. The summed E-state index contributed by atoms with van der Waals surface area (Å²) >= 11 is 5.60. The van der Waals surface area contributed by atoms with Gasteiger partial charge in [0, 0.05) is 9.92 Å². The summed E-state index contributed by atoms with van der Waals surface area (Å²) < 4.78 is 36.3. The van der Waals surface area contributed by atoms with Crippen LogP contribution in [0.3, 0.4) is 0 Å². The maximum Gasteiger partial charge on any atom is 0.333 e. The van der Waals surface area contributed by atoms with Gasteiger partial charge in [-0.1, -0.05) is 23.4 Å². The molecule has 0 bridgehead atoms. The number of carbonyl (C=O) groups excluding carboxylic acids is 1. The van der Waals surface area contributed by atoms with E-state index in [1.165, 1.54) is 6.07 Å². The summed E-state index contributed by atoms with van der Waals surface area (Å²) in [7, 11) is 0. The molecular weight excluding hydrogens is 237 g/mol. The molecule has 0 aromatic heterocycles. The molecule has 0 saturated carbocycles. The lowest BCUT2D eigenvalue weighted by atomic mass is 10.2. The van der Waals surface area contributed by atoms with Crippen LogP contribution >= 0.6 is 23.4 Å². The third-order valence-corrected chi connectivity index (χ3v) is 2.38. The first kappa shape index (κ1) is 11.4. The van der Waals surface area contributed by atoms with Crippen molar-refractivity contribution in [2.75, 3.05) is 0 Å². The van der Waals surface area contributed by atoms with Gasteiger partial charge in [0.15, 0.2) is 0 Å². The van der Waals surface area contributed by atoms with Crippen molar-refractivity contribution in [3.05, 3.63) is 28.8 Å². The highest BCUT2D eigenvalue weighted by molar-refractivity contribution is 7.99. The smallest absolute Gasteiger partial charge is 0.255 e. The van der Waals surface area contributed by atoms with Crippen LogP contribution in [0, 0.1) is 0 Å². The van der Waals surface area contributed by atoms with Gasteiger partial charge in [-0.25, -0.2) is 0 Å². The average Bonchev–Trinajstić information content (AvgIpc) is 2.01. The Kier molecular flexibility index (Phi) is 3.83. The topological polar surface area (TPSA) is 17.1 Å². The average molecular weight is 241 g/mol. The van der Waals surface area contributed by atoms with E-state index in [0.717, 1.165) is 12.1 Å². The van der Waals surface area contributed by atoms with Crippen molar-refractivity contribution < 1.29 is 18.0 Å². The van der Waals surface area contributed by atoms with E-state index < -0.39 is 11.8 Å². The van der Waals surface area contributed by atoms with E-state index in [4.69, 9.17) is 11.6 Å². The predicted molar refractivity (Wildman–Crippen MR) is 48.8 cm³/mol. The van der Waals surface area contributed by atoms with E-state index in [2.05, 4.69) is 0 Å². The molecule has 0 unspecified atom stereocenters. The minimum atomic E-state index is -2.72. The second kappa shape index (κ2) is 4.70. The molecule has 6 heteroatoms. The van der Waals surface area contributed by atoms with E-state index in [1.807, 2.05) is 0 Å². The van der Waals surface area contributed by atoms with Crippen molar-refractivity contribution in [3.8, 4) is 0 Å². The summed E-state index contributed by atoms with van der Waals surface area (Å²) in [5.74, 6) is -2.72. The Morgan fingerprint density at radius 3 is 2.57 bits per heavy atom. The predicted octanol–water partition coefficient (Wildman–Crippen LogP) is 3.76. The monoisotopic (exact) mass is 240 g/mol. The number of thioether (sulfide) groups is 1. The number of halogens is 4. The molecule has 1 aromatic carbocycles. The van der Waals surface area contributed by atoms with Gasteiger partial charge in [-0.2, -0.15) is 13.2 Å². The molecule has 0 fully saturated rings. The van der Waals surface area contributed by atoms with Crippen LogP contribution in [0.4, 0.5) is 13.2 Å². The molecule has 0 saturated heterocycles. The molecular formula is C8H4ClF3OS. The maximum absolute atomic E-state index is 12.3. The highest BCUT2D eigenvalue weighted by atomic mass is 35.5. The molecule has 1 rings (SSSR count). The molecule has 0 spiro atoms. The fourth-order valence-corrected chi connectivity index (χ4v) is 1.75. The molecule has 0 aliphatic heterocycles. The summed E-state index contributed by atoms with van der Waals surface area (Å²) in [5.41, 5.74) is -0.389. The number of carbonyl (C=O) groups is 1. The van der Waals surface area contributed by atoms with E-state index in [0.29, 0.717) is 0 Å². The standard InChI is InChI=1S/C8H4ClF3OS/c9-4-1-2-5(7(10)13)6(3-4)14-8(11)12/h1-3,8H. The molecule has 76 valence electrons. The van der Waals surface area contributed by atoms with Crippen molar-refractivity contribution >= 4 is 29.4 Å². The summed E-state index contributed by atoms with van der Waals surface area (Å²) in [6.45, 7) is 0. The third-order valence-electron chi connectivity index (χ3n) is 1.37. The van der Waals surface area contributed by atoms with Crippen LogP contribution in [0.1, 0.15) is 10.4 Å². The van der Waals surface area contributed by atoms with Crippen molar-refractivity contribution in [1.29, 1.82) is 0 Å². The quantitative estimate of drug-likeness (QED) is 0.591. The molecule has 0 aliphatic carbocycles. The molecule has 0 aliphatic rings. The van der Waals surface area contributed by atoms with Crippen LogP contribution in [0.5, 0.6) is 0 Å². The van der Waals surface area contributed by atoms with Gasteiger partial charge in [0.25, 0.3) is 5.76 Å². The first-order chi connectivity index (χ1) is 6.50. The Labute approximate surface area is 87.2 Å². The molecule has 0 amide bonds. The van der Waals surface area contributed by atoms with Gasteiger partial charge in [0.1, 0.15) is 0 Å². The molecule has 0 radical (unpaired) electrons. The minimum Gasteiger partial charge on any atom is -0.255 e. The maximum atomic E-state index is 12.3. The fourth-order valence-electron chi connectivity index (χ4n) is 0.852. The number of rotatable bonds is 3. The van der Waals surface area contributed by atoms with Gasteiger partial charge in [-0.05, 0) is 18.2 Å². The Morgan fingerprint density at radius 1 is 1.43 bits per heavy atom. The van der Waals surface area contributed by atoms with Crippen molar-refractivity contribution in [1.82, 2.24) is 0 Å². The highest BCUT2D eigenvalue weighted by Crippen LogP contribution is 2.31. The molecule has 14 heavy (non-hydrogen) atoms. The van der Waals surface area contributed by atoms with Crippen LogP contribution in [-0.2, 0) is 0 Å². The van der Waals surface area contributed by atoms with Crippen molar-refractivity contribution in [2.45, 2.75) is 10.7 Å². The zero-order chi connectivity index (χ0) is 10.7. The lowest BCUT2D eigenvalue weighted by Crippen LogP contribution is -1.95. The first-order valence-corrected chi connectivity index (χ1v) is 4.70. The summed E-state index contributed by atoms with van der Waals surface area (Å²) in [6.07, 6.45) is 0. The van der Waals surface area contributed by atoms with Gasteiger partial charge in [0.2, 0.25) is 0 Å². The third kappa shape index (κ3) is 2.92. The first-order valence-electron chi connectivity index (χ1n) is 3.45. The zero-order valence-corrected chi connectivity index (χ0v) is 8.21. The number of hydrogen-bond acceptors (Lipinski definition) is 2. The van der Waals surface area contributed by atoms with Gasteiger partial charge in [-0.15, -0.1) is 0 Å². The van der Waals surface area contributed by atoms with E-state index in [9.17, 15) is 18.0 Å². The SMILES string of the molecule is O=C(F)c1ccc(Cl)cc1SC(F)F. The molecule has 0 N–H and O–H groups in total. The summed E-state index contributed by atoms with van der Waals surface area (Å²) in [4.78, 5) is 10.2. The number of benzene rings is 1. The van der Waals surface area contributed by atoms with E-state index >= 15 is 0 Å². The second-order valence-corrected chi connectivity index (χ2v) is 3.76. The molecule has 0 atom stereocenters. The van der Waals surface area contributed by atoms with Gasteiger partial charge >= 0.3 is 6.04 Å². The van der Waals surface area contributed by atoms with Crippen LogP contribution in [0.2, 0.25) is 5.02 Å².